The monoisotopic (exact) mass is 341 g/mol. The second-order valence-electron chi connectivity index (χ2n) is 5.07. The zero-order valence-corrected chi connectivity index (χ0v) is 13.3. The molecule has 2 aromatic heterocycles. The molecule has 0 saturated carbocycles. The molecule has 1 aromatic carbocycles. The summed E-state index contributed by atoms with van der Waals surface area (Å²) in [5.41, 5.74) is 1.79. The van der Waals surface area contributed by atoms with E-state index in [1.807, 2.05) is 6.07 Å². The number of pyridine rings is 2. The van der Waals surface area contributed by atoms with Crippen LogP contribution in [0.25, 0.3) is 11.3 Å². The maximum Gasteiger partial charge on any atom is 0.254 e. The fourth-order valence-electron chi connectivity index (χ4n) is 2.22. The first-order valence-corrected chi connectivity index (χ1v) is 7.60. The predicted octanol–water partition coefficient (Wildman–Crippen LogP) is 3.87. The van der Waals surface area contributed by atoms with Crippen LogP contribution in [-0.4, -0.2) is 15.9 Å². The van der Waals surface area contributed by atoms with Gasteiger partial charge in [-0.3, -0.25) is 14.8 Å². The Morgan fingerprint density at radius 1 is 1.17 bits per heavy atom. The van der Waals surface area contributed by atoms with Gasteiger partial charge in [-0.15, -0.1) is 0 Å². The molecule has 24 heavy (non-hydrogen) atoms. The fraction of sp³-hybridized carbons (Fsp3) is 0.0556. The summed E-state index contributed by atoms with van der Waals surface area (Å²) >= 11 is 6.06. The summed E-state index contributed by atoms with van der Waals surface area (Å²) < 4.78 is 14.3. The van der Waals surface area contributed by atoms with Crippen molar-refractivity contribution in [1.82, 2.24) is 15.3 Å². The maximum absolute atomic E-state index is 14.3. The molecule has 3 aromatic rings. The topological polar surface area (TPSA) is 54.9 Å². The van der Waals surface area contributed by atoms with E-state index >= 15 is 0 Å². The molecule has 0 saturated heterocycles. The average molecular weight is 342 g/mol. The molecule has 120 valence electrons. The van der Waals surface area contributed by atoms with Crippen LogP contribution in [0.2, 0.25) is 5.02 Å². The van der Waals surface area contributed by atoms with Crippen molar-refractivity contribution in [3.8, 4) is 11.3 Å². The number of aromatic nitrogens is 2. The van der Waals surface area contributed by atoms with Crippen molar-refractivity contribution in [3.05, 3.63) is 83.0 Å². The standard InChI is InChI=1S/C18H13ClFN3O/c19-15-4-2-8-22-17(15)13-5-6-14(16(20)9-13)18(24)23-11-12-3-1-7-21-10-12/h1-10H,11H2,(H,23,24). The van der Waals surface area contributed by atoms with Crippen molar-refractivity contribution in [3.63, 3.8) is 0 Å². The molecule has 3 rings (SSSR count). The summed E-state index contributed by atoms with van der Waals surface area (Å²) in [6.07, 6.45) is 4.86. The highest BCUT2D eigenvalue weighted by Crippen LogP contribution is 2.26. The van der Waals surface area contributed by atoms with Gasteiger partial charge in [0.1, 0.15) is 5.82 Å². The second kappa shape index (κ2) is 7.19. The van der Waals surface area contributed by atoms with Crippen LogP contribution >= 0.6 is 11.6 Å². The lowest BCUT2D eigenvalue weighted by molar-refractivity contribution is 0.0947. The van der Waals surface area contributed by atoms with Crippen molar-refractivity contribution >= 4 is 17.5 Å². The van der Waals surface area contributed by atoms with Gasteiger partial charge in [0.05, 0.1) is 16.3 Å². The number of hydrogen-bond donors (Lipinski definition) is 1. The Hall–Kier alpha value is -2.79. The molecule has 0 spiro atoms. The molecule has 4 nitrogen and oxygen atoms in total. The third-order valence-corrected chi connectivity index (χ3v) is 3.73. The highest BCUT2D eigenvalue weighted by Gasteiger charge is 2.14. The van der Waals surface area contributed by atoms with E-state index in [1.54, 1.807) is 42.9 Å². The van der Waals surface area contributed by atoms with Crippen LogP contribution < -0.4 is 5.32 Å². The Bertz CT molecular complexity index is 871. The van der Waals surface area contributed by atoms with E-state index in [0.29, 0.717) is 16.3 Å². The molecule has 1 N–H and O–H groups in total. The summed E-state index contributed by atoms with van der Waals surface area (Å²) in [5.74, 6) is -1.12. The molecule has 0 atom stereocenters. The molecule has 0 aliphatic carbocycles. The van der Waals surface area contributed by atoms with Gasteiger partial charge < -0.3 is 5.32 Å². The smallest absolute Gasteiger partial charge is 0.254 e. The molecule has 0 fully saturated rings. The van der Waals surface area contributed by atoms with Crippen LogP contribution in [0.4, 0.5) is 4.39 Å². The highest BCUT2D eigenvalue weighted by molar-refractivity contribution is 6.33. The molecular formula is C18H13ClFN3O. The Morgan fingerprint density at radius 3 is 2.71 bits per heavy atom. The van der Waals surface area contributed by atoms with E-state index < -0.39 is 11.7 Å². The third kappa shape index (κ3) is 3.58. The van der Waals surface area contributed by atoms with Gasteiger partial charge in [0, 0.05) is 30.7 Å². The van der Waals surface area contributed by atoms with E-state index in [0.717, 1.165) is 5.56 Å². The van der Waals surface area contributed by atoms with E-state index in [2.05, 4.69) is 15.3 Å². The molecule has 1 amide bonds. The van der Waals surface area contributed by atoms with Crippen molar-refractivity contribution in [1.29, 1.82) is 0 Å². The van der Waals surface area contributed by atoms with Gasteiger partial charge in [-0.2, -0.15) is 0 Å². The number of nitrogens with one attached hydrogen (secondary N) is 1. The Kier molecular flexibility index (Phi) is 4.82. The third-order valence-electron chi connectivity index (χ3n) is 3.42. The van der Waals surface area contributed by atoms with Crippen molar-refractivity contribution < 1.29 is 9.18 Å². The number of halogens is 2. The van der Waals surface area contributed by atoms with E-state index in [4.69, 9.17) is 11.6 Å². The largest absolute Gasteiger partial charge is 0.348 e. The number of carbonyl (C=O) groups excluding carboxylic acids is 1. The van der Waals surface area contributed by atoms with Crippen molar-refractivity contribution in [2.24, 2.45) is 0 Å². The number of hydrogen-bond acceptors (Lipinski definition) is 3. The summed E-state index contributed by atoms with van der Waals surface area (Å²) in [4.78, 5) is 20.2. The lowest BCUT2D eigenvalue weighted by Gasteiger charge is -2.08. The minimum absolute atomic E-state index is 0.0327. The summed E-state index contributed by atoms with van der Waals surface area (Å²) in [6, 6.07) is 11.3. The maximum atomic E-state index is 14.3. The van der Waals surface area contributed by atoms with Gasteiger partial charge in [-0.25, -0.2) is 4.39 Å². The molecule has 2 heterocycles. The van der Waals surface area contributed by atoms with Crippen LogP contribution in [0.5, 0.6) is 0 Å². The number of carbonyl (C=O) groups is 1. The summed E-state index contributed by atoms with van der Waals surface area (Å²) in [5, 5.41) is 3.09. The molecule has 0 bridgehead atoms. The molecule has 0 unspecified atom stereocenters. The van der Waals surface area contributed by atoms with E-state index in [-0.39, 0.29) is 12.1 Å². The summed E-state index contributed by atoms with van der Waals surface area (Å²) in [7, 11) is 0. The normalized spacial score (nSPS) is 10.4. The lowest BCUT2D eigenvalue weighted by Crippen LogP contribution is -2.23. The Labute approximate surface area is 143 Å². The lowest BCUT2D eigenvalue weighted by atomic mass is 10.1. The predicted molar refractivity (Wildman–Crippen MR) is 90.0 cm³/mol. The second-order valence-corrected chi connectivity index (χ2v) is 5.48. The van der Waals surface area contributed by atoms with Gasteiger partial charge in [0.25, 0.3) is 5.91 Å². The van der Waals surface area contributed by atoms with Crippen LogP contribution in [0.3, 0.4) is 0 Å². The number of amides is 1. The van der Waals surface area contributed by atoms with E-state index in [9.17, 15) is 9.18 Å². The number of nitrogens with zero attached hydrogens (tertiary/aromatic N) is 2. The van der Waals surface area contributed by atoms with Gasteiger partial charge in [0.2, 0.25) is 0 Å². The quantitative estimate of drug-likeness (QED) is 0.783. The number of benzene rings is 1. The van der Waals surface area contributed by atoms with Gasteiger partial charge in [0.15, 0.2) is 0 Å². The first-order chi connectivity index (χ1) is 11.6. The molecule has 6 heteroatoms. The Balaban J connectivity index is 1.77. The molecular weight excluding hydrogens is 329 g/mol. The van der Waals surface area contributed by atoms with E-state index in [1.165, 1.54) is 12.1 Å². The molecule has 0 aliphatic rings. The number of rotatable bonds is 4. The minimum atomic E-state index is -0.627. The van der Waals surface area contributed by atoms with Crippen LogP contribution in [0, 0.1) is 5.82 Å². The van der Waals surface area contributed by atoms with Gasteiger partial charge in [-0.1, -0.05) is 23.7 Å². The average Bonchev–Trinajstić information content (AvgIpc) is 2.61. The highest BCUT2D eigenvalue weighted by atomic mass is 35.5. The molecule has 0 radical (unpaired) electrons. The minimum Gasteiger partial charge on any atom is -0.348 e. The summed E-state index contributed by atoms with van der Waals surface area (Å²) in [6.45, 7) is 0.278. The SMILES string of the molecule is O=C(NCc1cccnc1)c1ccc(-c2ncccc2Cl)cc1F. The van der Waals surface area contributed by atoms with Gasteiger partial charge >= 0.3 is 0 Å². The van der Waals surface area contributed by atoms with Crippen LogP contribution in [-0.2, 0) is 6.54 Å². The first kappa shape index (κ1) is 16.1. The Morgan fingerprint density at radius 2 is 2.00 bits per heavy atom. The van der Waals surface area contributed by atoms with Crippen LogP contribution in [0.1, 0.15) is 15.9 Å². The zero-order chi connectivity index (χ0) is 16.9. The first-order valence-electron chi connectivity index (χ1n) is 7.22. The van der Waals surface area contributed by atoms with Crippen molar-refractivity contribution in [2.75, 3.05) is 0 Å². The van der Waals surface area contributed by atoms with Crippen molar-refractivity contribution in [2.45, 2.75) is 6.54 Å². The van der Waals surface area contributed by atoms with Gasteiger partial charge in [-0.05, 0) is 35.9 Å². The fourth-order valence-corrected chi connectivity index (χ4v) is 2.46. The van der Waals surface area contributed by atoms with Crippen LogP contribution in [0.15, 0.2) is 61.1 Å². The zero-order valence-electron chi connectivity index (χ0n) is 12.5. The molecule has 0 aliphatic heterocycles.